The molecule has 2 N–H and O–H groups in total. The number of hydrogen-bond donors (Lipinski definition) is 2. The standard InChI is InChI=1S/C22H34N6.HI/c1-17-21(18(2)27(4)26-17)10-13-24-22(23-3)25-20-11-14-28(15-12-20)16-19-8-6-5-7-9-19;/h5-9,20H,10-16H2,1-4H3,(H2,23,24,25);1H. The second kappa shape index (κ2) is 11.5. The summed E-state index contributed by atoms with van der Waals surface area (Å²) in [7, 11) is 3.85. The third-order valence-corrected chi connectivity index (χ3v) is 5.73. The SMILES string of the molecule is CN=C(NCCc1c(C)nn(C)c1C)NC1CCN(Cc2ccccc2)CC1.I. The van der Waals surface area contributed by atoms with Gasteiger partial charge in [0.05, 0.1) is 5.69 Å². The first kappa shape index (κ1) is 23.7. The van der Waals surface area contributed by atoms with Gasteiger partial charge in [-0.15, -0.1) is 24.0 Å². The first-order valence-electron chi connectivity index (χ1n) is 10.3. The van der Waals surface area contributed by atoms with Crippen molar-refractivity contribution in [2.45, 2.75) is 45.7 Å². The fourth-order valence-corrected chi connectivity index (χ4v) is 3.95. The van der Waals surface area contributed by atoms with Crippen molar-refractivity contribution in [3.05, 3.63) is 52.8 Å². The fraction of sp³-hybridized carbons (Fsp3) is 0.545. The van der Waals surface area contributed by atoms with Crippen LogP contribution in [0.3, 0.4) is 0 Å². The lowest BCUT2D eigenvalue weighted by molar-refractivity contribution is 0.198. The van der Waals surface area contributed by atoms with Gasteiger partial charge in [0, 0.05) is 52.0 Å². The fourth-order valence-electron chi connectivity index (χ4n) is 3.95. The number of aromatic nitrogens is 2. The molecule has 1 saturated heterocycles. The Morgan fingerprint density at radius 2 is 1.86 bits per heavy atom. The van der Waals surface area contributed by atoms with E-state index in [1.54, 1.807) is 0 Å². The largest absolute Gasteiger partial charge is 0.356 e. The summed E-state index contributed by atoms with van der Waals surface area (Å²) >= 11 is 0. The Bertz CT molecular complexity index is 778. The van der Waals surface area contributed by atoms with Crippen molar-refractivity contribution in [3.8, 4) is 0 Å². The average molecular weight is 510 g/mol. The van der Waals surface area contributed by atoms with Crippen LogP contribution in [-0.4, -0.2) is 53.4 Å². The van der Waals surface area contributed by atoms with Crippen LogP contribution in [-0.2, 0) is 20.0 Å². The second-order valence-corrected chi connectivity index (χ2v) is 7.70. The lowest BCUT2D eigenvalue weighted by Gasteiger charge is -2.33. The Hall–Kier alpha value is -1.61. The van der Waals surface area contributed by atoms with Gasteiger partial charge in [-0.3, -0.25) is 14.6 Å². The van der Waals surface area contributed by atoms with Crippen molar-refractivity contribution in [2.24, 2.45) is 12.0 Å². The average Bonchev–Trinajstić information content (AvgIpc) is 2.95. The Kier molecular flexibility index (Phi) is 9.42. The van der Waals surface area contributed by atoms with E-state index in [2.05, 4.69) is 69.8 Å². The van der Waals surface area contributed by atoms with E-state index < -0.39 is 0 Å². The minimum atomic E-state index is 0. The Balaban J connectivity index is 0.00000300. The van der Waals surface area contributed by atoms with Crippen LogP contribution in [0.5, 0.6) is 0 Å². The normalized spacial score (nSPS) is 15.8. The number of likely N-dealkylation sites (tertiary alicyclic amines) is 1. The van der Waals surface area contributed by atoms with Crippen molar-refractivity contribution in [2.75, 3.05) is 26.7 Å². The Labute approximate surface area is 192 Å². The molecule has 0 atom stereocenters. The number of hydrogen-bond acceptors (Lipinski definition) is 3. The highest BCUT2D eigenvalue weighted by Gasteiger charge is 2.20. The van der Waals surface area contributed by atoms with Gasteiger partial charge in [-0.05, 0) is 44.2 Å². The molecule has 1 fully saturated rings. The number of piperidine rings is 1. The maximum Gasteiger partial charge on any atom is 0.191 e. The molecule has 0 bridgehead atoms. The minimum Gasteiger partial charge on any atom is -0.356 e. The van der Waals surface area contributed by atoms with Crippen LogP contribution in [0.1, 0.15) is 35.4 Å². The molecule has 0 radical (unpaired) electrons. The predicted octanol–water partition coefficient (Wildman–Crippen LogP) is 3.03. The van der Waals surface area contributed by atoms with E-state index in [1.165, 1.54) is 16.8 Å². The lowest BCUT2D eigenvalue weighted by Crippen LogP contribution is -2.48. The van der Waals surface area contributed by atoms with Crippen molar-refractivity contribution in [1.82, 2.24) is 25.3 Å². The molecule has 0 spiro atoms. The first-order chi connectivity index (χ1) is 13.6. The molecule has 0 saturated carbocycles. The van der Waals surface area contributed by atoms with Crippen LogP contribution < -0.4 is 10.6 Å². The van der Waals surface area contributed by atoms with Gasteiger partial charge < -0.3 is 10.6 Å². The van der Waals surface area contributed by atoms with Gasteiger partial charge in [0.1, 0.15) is 0 Å². The highest BCUT2D eigenvalue weighted by atomic mass is 127. The number of rotatable bonds is 6. The molecule has 3 rings (SSSR count). The maximum absolute atomic E-state index is 4.50. The smallest absolute Gasteiger partial charge is 0.191 e. The van der Waals surface area contributed by atoms with Gasteiger partial charge in [-0.2, -0.15) is 5.10 Å². The molecule has 1 aliphatic rings. The summed E-state index contributed by atoms with van der Waals surface area (Å²) in [4.78, 5) is 6.95. The number of nitrogens with one attached hydrogen (secondary N) is 2. The van der Waals surface area contributed by atoms with Crippen molar-refractivity contribution >= 4 is 29.9 Å². The molecule has 2 aromatic rings. The number of guanidine groups is 1. The third-order valence-electron chi connectivity index (χ3n) is 5.73. The van der Waals surface area contributed by atoms with Crippen molar-refractivity contribution in [1.29, 1.82) is 0 Å². The molecule has 0 amide bonds. The topological polar surface area (TPSA) is 57.5 Å². The van der Waals surface area contributed by atoms with E-state index in [9.17, 15) is 0 Å². The van der Waals surface area contributed by atoms with E-state index in [4.69, 9.17) is 0 Å². The summed E-state index contributed by atoms with van der Waals surface area (Å²) in [5.41, 5.74) is 5.09. The van der Waals surface area contributed by atoms with Gasteiger partial charge >= 0.3 is 0 Å². The summed E-state index contributed by atoms with van der Waals surface area (Å²) in [6.45, 7) is 8.36. The predicted molar refractivity (Wildman–Crippen MR) is 131 cm³/mol. The maximum atomic E-state index is 4.50. The van der Waals surface area contributed by atoms with Crippen LogP contribution in [0.4, 0.5) is 0 Å². The zero-order valence-electron chi connectivity index (χ0n) is 18.1. The van der Waals surface area contributed by atoms with E-state index >= 15 is 0 Å². The van der Waals surface area contributed by atoms with Gasteiger partial charge in [-0.1, -0.05) is 30.3 Å². The van der Waals surface area contributed by atoms with Crippen LogP contribution in [0.2, 0.25) is 0 Å². The first-order valence-corrected chi connectivity index (χ1v) is 10.3. The summed E-state index contributed by atoms with van der Waals surface area (Å²) in [5.74, 6) is 0.903. The third kappa shape index (κ3) is 6.70. The van der Waals surface area contributed by atoms with E-state index in [0.29, 0.717) is 6.04 Å². The molecule has 2 heterocycles. The highest BCUT2D eigenvalue weighted by Crippen LogP contribution is 2.14. The molecule has 29 heavy (non-hydrogen) atoms. The van der Waals surface area contributed by atoms with Gasteiger partial charge in [0.15, 0.2) is 5.96 Å². The molecule has 7 heteroatoms. The molecular formula is C22H35IN6. The Morgan fingerprint density at radius 3 is 2.45 bits per heavy atom. The summed E-state index contributed by atoms with van der Waals surface area (Å²) in [6, 6.07) is 11.2. The summed E-state index contributed by atoms with van der Waals surface area (Å²) in [6.07, 6.45) is 3.25. The molecule has 0 unspecified atom stereocenters. The number of halogens is 1. The van der Waals surface area contributed by atoms with Gasteiger partial charge in [0.25, 0.3) is 0 Å². The molecule has 1 aromatic carbocycles. The van der Waals surface area contributed by atoms with E-state index in [1.807, 2.05) is 18.8 Å². The van der Waals surface area contributed by atoms with E-state index in [-0.39, 0.29) is 24.0 Å². The lowest BCUT2D eigenvalue weighted by atomic mass is 10.0. The van der Waals surface area contributed by atoms with Crippen LogP contribution in [0.15, 0.2) is 35.3 Å². The number of aryl methyl sites for hydroxylation is 2. The quantitative estimate of drug-likeness (QED) is 0.357. The monoisotopic (exact) mass is 510 g/mol. The highest BCUT2D eigenvalue weighted by molar-refractivity contribution is 14.0. The van der Waals surface area contributed by atoms with Crippen LogP contribution in [0, 0.1) is 13.8 Å². The summed E-state index contributed by atoms with van der Waals surface area (Å²) in [5, 5.41) is 11.6. The van der Waals surface area contributed by atoms with Crippen LogP contribution in [0.25, 0.3) is 0 Å². The molecule has 1 aromatic heterocycles. The molecule has 160 valence electrons. The molecule has 6 nitrogen and oxygen atoms in total. The zero-order chi connectivity index (χ0) is 19.9. The second-order valence-electron chi connectivity index (χ2n) is 7.70. The van der Waals surface area contributed by atoms with E-state index in [0.717, 1.165) is 57.1 Å². The van der Waals surface area contributed by atoms with Crippen molar-refractivity contribution < 1.29 is 0 Å². The van der Waals surface area contributed by atoms with Gasteiger partial charge in [-0.25, -0.2) is 0 Å². The minimum absolute atomic E-state index is 0. The zero-order valence-corrected chi connectivity index (χ0v) is 20.4. The molecule has 0 aliphatic carbocycles. The molecular weight excluding hydrogens is 475 g/mol. The Morgan fingerprint density at radius 1 is 1.17 bits per heavy atom. The number of nitrogens with zero attached hydrogens (tertiary/aromatic N) is 4. The summed E-state index contributed by atoms with van der Waals surface area (Å²) < 4.78 is 1.96. The van der Waals surface area contributed by atoms with Gasteiger partial charge in [0.2, 0.25) is 0 Å². The number of aliphatic imine (C=N–C) groups is 1. The van der Waals surface area contributed by atoms with Crippen LogP contribution >= 0.6 is 24.0 Å². The number of benzene rings is 1. The molecule has 1 aliphatic heterocycles. The van der Waals surface area contributed by atoms with Crippen molar-refractivity contribution in [3.63, 3.8) is 0 Å².